The first-order valence-electron chi connectivity index (χ1n) is 12.2. The Morgan fingerprint density at radius 2 is 1.89 bits per heavy atom. The van der Waals surface area contributed by atoms with E-state index in [2.05, 4.69) is 10.6 Å². The van der Waals surface area contributed by atoms with Crippen molar-refractivity contribution in [2.75, 3.05) is 11.9 Å². The van der Waals surface area contributed by atoms with Crippen molar-refractivity contribution >= 4 is 23.5 Å². The maximum absolute atomic E-state index is 14.0. The molecule has 1 aromatic rings. The first kappa shape index (κ1) is 26.0. The molecule has 3 N–H and O–H groups in total. The summed E-state index contributed by atoms with van der Waals surface area (Å²) in [5.41, 5.74) is -2.73. The SMILES string of the molecule is O=C1N[C@]2(C(=O)O)C[C@H]2/C=C\CCCCC[C@H](Nc2cc(F)cc(C(F)(F)F)c2)C(=O)N2CCC[C@@H]12. The Morgan fingerprint density at radius 3 is 2.61 bits per heavy atom. The number of carboxylic acids is 1. The molecule has 0 unspecified atom stereocenters. The summed E-state index contributed by atoms with van der Waals surface area (Å²) in [5, 5.41) is 15.2. The van der Waals surface area contributed by atoms with Gasteiger partial charge in [0.25, 0.3) is 0 Å². The summed E-state index contributed by atoms with van der Waals surface area (Å²) < 4.78 is 53.5. The van der Waals surface area contributed by atoms with Gasteiger partial charge in [-0.1, -0.05) is 25.0 Å². The van der Waals surface area contributed by atoms with Crippen LogP contribution < -0.4 is 10.6 Å². The maximum atomic E-state index is 14.0. The second-order valence-electron chi connectivity index (χ2n) is 9.76. The number of nitrogens with one attached hydrogen (secondary N) is 2. The lowest BCUT2D eigenvalue weighted by Gasteiger charge is -2.30. The number of nitrogens with zero attached hydrogens (tertiary/aromatic N) is 1. The second kappa shape index (κ2) is 10.1. The van der Waals surface area contributed by atoms with Crippen molar-refractivity contribution < 1.29 is 37.1 Å². The fourth-order valence-corrected chi connectivity index (χ4v) is 5.11. The quantitative estimate of drug-likeness (QED) is 0.419. The van der Waals surface area contributed by atoms with E-state index in [-0.39, 0.29) is 31.0 Å². The van der Waals surface area contributed by atoms with Gasteiger partial charge >= 0.3 is 12.1 Å². The Kier molecular flexibility index (Phi) is 7.28. The molecule has 2 aliphatic heterocycles. The van der Waals surface area contributed by atoms with Gasteiger partial charge in [0.15, 0.2) is 0 Å². The normalized spacial score (nSPS) is 30.3. The van der Waals surface area contributed by atoms with E-state index >= 15 is 0 Å². The minimum Gasteiger partial charge on any atom is -0.479 e. The number of hydrogen-bond donors (Lipinski definition) is 3. The third kappa shape index (κ3) is 5.49. The van der Waals surface area contributed by atoms with Gasteiger partial charge in [-0.05, 0) is 56.7 Å². The highest BCUT2D eigenvalue weighted by Gasteiger charge is 2.61. The highest BCUT2D eigenvalue weighted by molar-refractivity contribution is 5.96. The zero-order chi connectivity index (χ0) is 26.1. The standard InChI is InChI=1S/C25H29F4N3O4/c26-17-11-16(25(27,28)29)12-18(13-17)30-19-8-5-3-1-2-4-7-15-14-24(15,23(35)36)31-21(33)20-9-6-10-32(20)22(19)34/h4,7,11-13,15,19-20,30H,1-3,5-6,8-10,14H2,(H,31,33)(H,35,36)/b7-4-/t15-,19+,20+,24-/m1/s1. The Morgan fingerprint density at radius 1 is 1.11 bits per heavy atom. The van der Waals surface area contributed by atoms with E-state index in [4.69, 9.17) is 0 Å². The molecular weight excluding hydrogens is 482 g/mol. The van der Waals surface area contributed by atoms with Gasteiger partial charge in [-0.3, -0.25) is 9.59 Å². The highest BCUT2D eigenvalue weighted by Crippen LogP contribution is 2.45. The number of halogens is 4. The van der Waals surface area contributed by atoms with Gasteiger partial charge in [-0.15, -0.1) is 0 Å². The topological polar surface area (TPSA) is 98.7 Å². The van der Waals surface area contributed by atoms with Crippen LogP contribution in [0.2, 0.25) is 0 Å². The molecule has 196 valence electrons. The van der Waals surface area contributed by atoms with Crippen LogP contribution in [0, 0.1) is 11.7 Å². The number of amides is 2. The summed E-state index contributed by atoms with van der Waals surface area (Å²) in [4.78, 5) is 39.9. The van der Waals surface area contributed by atoms with Crippen LogP contribution in [0.3, 0.4) is 0 Å². The number of carbonyl (C=O) groups excluding carboxylic acids is 2. The molecular formula is C25H29F4N3O4. The maximum Gasteiger partial charge on any atom is 0.416 e. The van der Waals surface area contributed by atoms with Crippen LogP contribution in [0.4, 0.5) is 23.2 Å². The number of anilines is 1. The van der Waals surface area contributed by atoms with Crippen LogP contribution in [0.25, 0.3) is 0 Å². The molecule has 4 rings (SSSR count). The van der Waals surface area contributed by atoms with Gasteiger partial charge in [0.1, 0.15) is 23.4 Å². The molecule has 0 aromatic heterocycles. The lowest BCUT2D eigenvalue weighted by atomic mass is 10.0. The number of aliphatic carboxylic acids is 1. The molecule has 1 saturated heterocycles. The van der Waals surface area contributed by atoms with E-state index < -0.39 is 53.0 Å². The fourth-order valence-electron chi connectivity index (χ4n) is 5.11. The van der Waals surface area contributed by atoms with Crippen molar-refractivity contribution in [3.63, 3.8) is 0 Å². The van der Waals surface area contributed by atoms with Crippen LogP contribution in [0.5, 0.6) is 0 Å². The summed E-state index contributed by atoms with van der Waals surface area (Å²) in [6, 6.07) is 0.201. The van der Waals surface area contributed by atoms with E-state index in [1.807, 2.05) is 12.2 Å². The van der Waals surface area contributed by atoms with E-state index in [1.165, 1.54) is 4.90 Å². The van der Waals surface area contributed by atoms with Gasteiger partial charge in [-0.2, -0.15) is 13.2 Å². The second-order valence-corrected chi connectivity index (χ2v) is 9.76. The number of allylic oxidation sites excluding steroid dienone is 1. The average molecular weight is 512 g/mol. The number of carboxylic acid groups (broad SMARTS) is 1. The molecule has 4 atom stereocenters. The van der Waals surface area contributed by atoms with Crippen molar-refractivity contribution in [1.29, 1.82) is 0 Å². The van der Waals surface area contributed by atoms with Gasteiger partial charge < -0.3 is 20.6 Å². The summed E-state index contributed by atoms with van der Waals surface area (Å²) in [5.74, 6) is -3.56. The first-order chi connectivity index (χ1) is 17.0. The zero-order valence-electron chi connectivity index (χ0n) is 19.6. The number of alkyl halides is 3. The van der Waals surface area contributed by atoms with Crippen molar-refractivity contribution in [1.82, 2.24) is 10.2 Å². The lowest BCUT2D eigenvalue weighted by Crippen LogP contribution is -2.55. The molecule has 2 heterocycles. The number of fused-ring (bicyclic) bond motifs is 2. The monoisotopic (exact) mass is 511 g/mol. The molecule has 0 radical (unpaired) electrons. The van der Waals surface area contributed by atoms with E-state index in [0.717, 1.165) is 25.0 Å². The van der Waals surface area contributed by atoms with Crippen LogP contribution in [-0.4, -0.2) is 52.0 Å². The highest BCUT2D eigenvalue weighted by atomic mass is 19.4. The van der Waals surface area contributed by atoms with Crippen molar-refractivity contribution in [3.05, 3.63) is 41.7 Å². The summed E-state index contributed by atoms with van der Waals surface area (Å²) in [6.45, 7) is 0.259. The molecule has 11 heteroatoms. The third-order valence-electron chi connectivity index (χ3n) is 7.18. The van der Waals surface area contributed by atoms with Gasteiger partial charge in [0.05, 0.1) is 5.56 Å². The summed E-state index contributed by atoms with van der Waals surface area (Å²) in [7, 11) is 0. The van der Waals surface area contributed by atoms with Crippen LogP contribution >= 0.6 is 0 Å². The van der Waals surface area contributed by atoms with Crippen LogP contribution in [0.1, 0.15) is 56.9 Å². The number of carbonyl (C=O) groups is 3. The van der Waals surface area contributed by atoms with Crippen molar-refractivity contribution in [3.8, 4) is 0 Å². The van der Waals surface area contributed by atoms with Crippen LogP contribution in [0.15, 0.2) is 30.4 Å². The van der Waals surface area contributed by atoms with Crippen LogP contribution in [-0.2, 0) is 20.6 Å². The minimum absolute atomic E-state index is 0.174. The minimum atomic E-state index is -4.75. The Hall–Kier alpha value is -3.11. The largest absolute Gasteiger partial charge is 0.479 e. The summed E-state index contributed by atoms with van der Waals surface area (Å²) >= 11 is 0. The Bertz CT molecular complexity index is 1060. The fraction of sp³-hybridized carbons (Fsp3) is 0.560. The van der Waals surface area contributed by atoms with E-state index in [0.29, 0.717) is 31.7 Å². The molecule has 0 bridgehead atoms. The molecule has 1 aliphatic carbocycles. The Labute approximate surface area is 205 Å². The van der Waals surface area contributed by atoms with Gasteiger partial charge in [0.2, 0.25) is 11.8 Å². The molecule has 3 aliphatic rings. The number of hydrogen-bond acceptors (Lipinski definition) is 4. The van der Waals surface area contributed by atoms with Crippen molar-refractivity contribution in [2.45, 2.75) is 75.2 Å². The average Bonchev–Trinajstić information content (AvgIpc) is 3.27. The number of rotatable bonds is 3. The molecule has 2 fully saturated rings. The molecule has 1 saturated carbocycles. The van der Waals surface area contributed by atoms with Gasteiger partial charge in [0, 0.05) is 18.2 Å². The smallest absolute Gasteiger partial charge is 0.416 e. The molecule has 36 heavy (non-hydrogen) atoms. The predicted octanol–water partition coefficient (Wildman–Crippen LogP) is 4.10. The van der Waals surface area contributed by atoms with E-state index in [1.54, 1.807) is 0 Å². The molecule has 1 aromatic carbocycles. The Balaban J connectivity index is 1.59. The summed E-state index contributed by atoms with van der Waals surface area (Å²) in [6.07, 6.45) is 3.19. The lowest BCUT2D eigenvalue weighted by molar-refractivity contribution is -0.145. The zero-order valence-corrected chi connectivity index (χ0v) is 19.6. The molecule has 0 spiro atoms. The third-order valence-corrected chi connectivity index (χ3v) is 7.18. The molecule has 2 amide bonds. The first-order valence-corrected chi connectivity index (χ1v) is 12.2. The molecule has 7 nitrogen and oxygen atoms in total. The van der Waals surface area contributed by atoms with Gasteiger partial charge in [-0.25, -0.2) is 9.18 Å². The number of benzene rings is 1. The predicted molar refractivity (Wildman–Crippen MR) is 122 cm³/mol. The van der Waals surface area contributed by atoms with Crippen molar-refractivity contribution in [2.24, 2.45) is 5.92 Å². The van der Waals surface area contributed by atoms with E-state index in [9.17, 15) is 37.1 Å².